The van der Waals surface area contributed by atoms with E-state index in [0.29, 0.717) is 15.7 Å². The Balaban J connectivity index is 1.96. The predicted molar refractivity (Wildman–Crippen MR) is 95.1 cm³/mol. The number of hydrogen-bond donors (Lipinski definition) is 1. The summed E-state index contributed by atoms with van der Waals surface area (Å²) in [6.45, 7) is 1.61. The summed E-state index contributed by atoms with van der Waals surface area (Å²) in [6.07, 6.45) is 3.34. The number of benzene rings is 2. The minimum atomic E-state index is -0.898. The molecular formula is C18H14Cl2N2O2. The number of halogens is 2. The molecule has 24 heavy (non-hydrogen) atoms. The van der Waals surface area contributed by atoms with Gasteiger partial charge in [0.25, 0.3) is 0 Å². The largest absolute Gasteiger partial charge is 0.481 e. The first kappa shape index (κ1) is 16.6. The molecule has 6 heteroatoms. The normalized spacial score (nSPS) is 12.1. The van der Waals surface area contributed by atoms with Gasteiger partial charge in [-0.1, -0.05) is 41.4 Å². The molecule has 3 aromatic rings. The third-order valence-electron chi connectivity index (χ3n) is 3.81. The molecular weight excluding hydrogens is 347 g/mol. The number of rotatable bonds is 4. The van der Waals surface area contributed by atoms with Gasteiger partial charge < -0.3 is 9.67 Å². The molecule has 0 aliphatic rings. The zero-order valence-corrected chi connectivity index (χ0v) is 14.3. The van der Waals surface area contributed by atoms with Crippen LogP contribution in [0.25, 0.3) is 16.8 Å². The summed E-state index contributed by atoms with van der Waals surface area (Å²) >= 11 is 12.0. The molecule has 0 bridgehead atoms. The number of hydrogen-bond acceptors (Lipinski definition) is 2. The number of carboxylic acid groups (broad SMARTS) is 1. The average Bonchev–Trinajstić information content (AvgIpc) is 3.06. The molecule has 122 valence electrons. The SMILES string of the molecule is CC(C(=O)O)c1cn(-c2cccc(-c3ccc(Cl)c(Cl)c3)c2)cn1. The molecule has 3 rings (SSSR count). The lowest BCUT2D eigenvalue weighted by molar-refractivity contribution is -0.138. The molecule has 4 nitrogen and oxygen atoms in total. The highest BCUT2D eigenvalue weighted by molar-refractivity contribution is 6.42. The summed E-state index contributed by atoms with van der Waals surface area (Å²) in [5.74, 6) is -1.55. The molecule has 1 atom stereocenters. The smallest absolute Gasteiger partial charge is 0.312 e. The summed E-state index contributed by atoms with van der Waals surface area (Å²) in [4.78, 5) is 15.3. The monoisotopic (exact) mass is 360 g/mol. The lowest BCUT2D eigenvalue weighted by atomic mass is 10.1. The zero-order valence-electron chi connectivity index (χ0n) is 12.8. The highest BCUT2D eigenvalue weighted by Crippen LogP contribution is 2.29. The molecule has 0 amide bonds. The summed E-state index contributed by atoms with van der Waals surface area (Å²) in [7, 11) is 0. The van der Waals surface area contributed by atoms with Gasteiger partial charge in [0.05, 0.1) is 28.0 Å². The zero-order chi connectivity index (χ0) is 17.3. The first-order valence-electron chi connectivity index (χ1n) is 7.28. The van der Waals surface area contributed by atoms with E-state index >= 15 is 0 Å². The van der Waals surface area contributed by atoms with E-state index in [1.165, 1.54) is 0 Å². The first-order valence-corrected chi connectivity index (χ1v) is 8.04. The van der Waals surface area contributed by atoms with Crippen molar-refractivity contribution in [1.82, 2.24) is 9.55 Å². The Labute approximate surface area is 149 Å². The second-order valence-corrected chi connectivity index (χ2v) is 6.26. The lowest BCUT2D eigenvalue weighted by Gasteiger charge is -2.07. The molecule has 1 heterocycles. The number of aromatic nitrogens is 2. The van der Waals surface area contributed by atoms with Crippen LogP contribution in [0.3, 0.4) is 0 Å². The number of carbonyl (C=O) groups is 1. The van der Waals surface area contributed by atoms with E-state index in [1.54, 1.807) is 30.1 Å². The van der Waals surface area contributed by atoms with Crippen molar-refractivity contribution in [2.45, 2.75) is 12.8 Å². The van der Waals surface area contributed by atoms with E-state index in [0.717, 1.165) is 16.8 Å². The van der Waals surface area contributed by atoms with Gasteiger partial charge in [-0.3, -0.25) is 4.79 Å². The number of aliphatic carboxylic acids is 1. The molecule has 0 radical (unpaired) electrons. The Morgan fingerprint density at radius 1 is 1.12 bits per heavy atom. The van der Waals surface area contributed by atoms with E-state index in [-0.39, 0.29) is 0 Å². The van der Waals surface area contributed by atoms with E-state index < -0.39 is 11.9 Å². The molecule has 0 saturated heterocycles. The van der Waals surface area contributed by atoms with Crippen LogP contribution in [0.2, 0.25) is 10.0 Å². The van der Waals surface area contributed by atoms with Crippen LogP contribution in [-0.4, -0.2) is 20.6 Å². The summed E-state index contributed by atoms with van der Waals surface area (Å²) in [6, 6.07) is 13.3. The fourth-order valence-corrected chi connectivity index (χ4v) is 2.65. The molecule has 1 aromatic heterocycles. The molecule has 1 N–H and O–H groups in total. The van der Waals surface area contributed by atoms with Crippen LogP contribution in [0.1, 0.15) is 18.5 Å². The van der Waals surface area contributed by atoms with Gasteiger partial charge in [0.2, 0.25) is 0 Å². The van der Waals surface area contributed by atoms with Crippen LogP contribution < -0.4 is 0 Å². The Kier molecular flexibility index (Phi) is 4.60. The number of imidazole rings is 1. The first-order chi connectivity index (χ1) is 11.5. The van der Waals surface area contributed by atoms with E-state index in [9.17, 15) is 4.79 Å². The summed E-state index contributed by atoms with van der Waals surface area (Å²) < 4.78 is 1.80. The van der Waals surface area contributed by atoms with Crippen LogP contribution in [0.4, 0.5) is 0 Å². The fourth-order valence-electron chi connectivity index (χ4n) is 2.35. The van der Waals surface area contributed by atoms with E-state index in [2.05, 4.69) is 4.98 Å². The van der Waals surface area contributed by atoms with Gasteiger partial charge in [0.1, 0.15) is 0 Å². The molecule has 0 aliphatic carbocycles. The van der Waals surface area contributed by atoms with Gasteiger partial charge in [0.15, 0.2) is 0 Å². The van der Waals surface area contributed by atoms with Gasteiger partial charge in [-0.25, -0.2) is 4.98 Å². The quantitative estimate of drug-likeness (QED) is 0.709. The molecule has 2 aromatic carbocycles. The molecule has 0 spiro atoms. The number of carboxylic acids is 1. The lowest BCUT2D eigenvalue weighted by Crippen LogP contribution is -2.07. The third-order valence-corrected chi connectivity index (χ3v) is 4.55. The highest BCUT2D eigenvalue weighted by atomic mass is 35.5. The molecule has 0 saturated carbocycles. The highest BCUT2D eigenvalue weighted by Gasteiger charge is 2.16. The Hall–Kier alpha value is -2.30. The van der Waals surface area contributed by atoms with Crippen LogP contribution >= 0.6 is 23.2 Å². The standard InChI is InChI=1S/C18H14Cl2N2O2/c1-11(18(23)24)17-9-22(10-21-17)14-4-2-3-12(7-14)13-5-6-15(19)16(20)8-13/h2-11H,1H3,(H,23,24). The van der Waals surface area contributed by atoms with Gasteiger partial charge in [-0.15, -0.1) is 0 Å². The van der Waals surface area contributed by atoms with E-state index in [4.69, 9.17) is 28.3 Å². The minimum absolute atomic E-state index is 0.500. The van der Waals surface area contributed by atoms with Crippen molar-refractivity contribution in [3.63, 3.8) is 0 Å². The Morgan fingerprint density at radius 2 is 1.88 bits per heavy atom. The Bertz CT molecular complexity index is 906. The average molecular weight is 361 g/mol. The maximum atomic E-state index is 11.1. The van der Waals surface area contributed by atoms with Crippen molar-refractivity contribution in [3.05, 3.63) is 70.7 Å². The maximum Gasteiger partial charge on any atom is 0.312 e. The maximum absolute atomic E-state index is 11.1. The molecule has 0 fully saturated rings. The second kappa shape index (κ2) is 6.67. The van der Waals surface area contributed by atoms with Crippen molar-refractivity contribution < 1.29 is 9.90 Å². The van der Waals surface area contributed by atoms with Crippen LogP contribution in [0.15, 0.2) is 55.0 Å². The van der Waals surface area contributed by atoms with Gasteiger partial charge in [-0.05, 0) is 42.3 Å². The van der Waals surface area contributed by atoms with Gasteiger partial charge in [-0.2, -0.15) is 0 Å². The fraction of sp³-hybridized carbons (Fsp3) is 0.111. The summed E-state index contributed by atoms with van der Waals surface area (Å²) in [5.41, 5.74) is 3.33. The van der Waals surface area contributed by atoms with Crippen LogP contribution in [-0.2, 0) is 4.79 Å². The topological polar surface area (TPSA) is 55.1 Å². The van der Waals surface area contributed by atoms with Crippen molar-refractivity contribution >= 4 is 29.2 Å². The van der Waals surface area contributed by atoms with Gasteiger partial charge in [0, 0.05) is 11.9 Å². The van der Waals surface area contributed by atoms with Crippen molar-refractivity contribution in [3.8, 4) is 16.8 Å². The van der Waals surface area contributed by atoms with Crippen molar-refractivity contribution in [2.24, 2.45) is 0 Å². The van der Waals surface area contributed by atoms with Crippen molar-refractivity contribution in [2.75, 3.05) is 0 Å². The Morgan fingerprint density at radius 3 is 2.58 bits per heavy atom. The molecule has 1 unspecified atom stereocenters. The second-order valence-electron chi connectivity index (χ2n) is 5.44. The molecule has 0 aliphatic heterocycles. The van der Waals surface area contributed by atoms with Crippen LogP contribution in [0, 0.1) is 0 Å². The van der Waals surface area contributed by atoms with Crippen molar-refractivity contribution in [1.29, 1.82) is 0 Å². The predicted octanol–water partition coefficient (Wildman–Crippen LogP) is 5.03. The van der Waals surface area contributed by atoms with Gasteiger partial charge >= 0.3 is 5.97 Å². The summed E-state index contributed by atoms with van der Waals surface area (Å²) in [5, 5.41) is 10.1. The third kappa shape index (κ3) is 3.30. The van der Waals surface area contributed by atoms with Crippen LogP contribution in [0.5, 0.6) is 0 Å². The minimum Gasteiger partial charge on any atom is -0.481 e. The van der Waals surface area contributed by atoms with E-state index in [1.807, 2.05) is 36.4 Å². The number of nitrogens with zero attached hydrogens (tertiary/aromatic N) is 2.